The summed E-state index contributed by atoms with van der Waals surface area (Å²) in [7, 11) is 1.95. The van der Waals surface area contributed by atoms with E-state index in [-0.39, 0.29) is 6.42 Å². The minimum Gasteiger partial charge on any atom is -0.373 e. The Morgan fingerprint density at radius 2 is 2.06 bits per heavy atom. The predicted octanol–water partition coefficient (Wildman–Crippen LogP) is 3.87. The Bertz CT molecular complexity index is 437. The van der Waals surface area contributed by atoms with Crippen LogP contribution in [-0.2, 0) is 6.54 Å². The van der Waals surface area contributed by atoms with Gasteiger partial charge in [0.2, 0.25) is 5.13 Å². The molecule has 0 spiro atoms. The molecule has 0 aromatic heterocycles. The van der Waals surface area contributed by atoms with Crippen LogP contribution in [0.4, 0.5) is 4.39 Å². The van der Waals surface area contributed by atoms with Gasteiger partial charge in [-0.05, 0) is 17.7 Å². The molecule has 1 aromatic carbocycles. The summed E-state index contributed by atoms with van der Waals surface area (Å²) in [6.07, 6.45) is 5.18. The molecule has 0 amide bonds. The van der Waals surface area contributed by atoms with Gasteiger partial charge in [0, 0.05) is 25.7 Å². The van der Waals surface area contributed by atoms with E-state index in [2.05, 4.69) is 12.1 Å². The van der Waals surface area contributed by atoms with E-state index in [9.17, 15) is 4.39 Å². The molecule has 0 saturated carbocycles. The van der Waals surface area contributed by atoms with Crippen molar-refractivity contribution in [2.24, 2.45) is 0 Å². The third-order valence-electron chi connectivity index (χ3n) is 2.80. The van der Waals surface area contributed by atoms with Crippen LogP contribution in [-0.4, -0.2) is 17.1 Å². The highest BCUT2D eigenvalue weighted by Gasteiger charge is 2.27. The maximum atomic E-state index is 13.6. The smallest absolute Gasteiger partial charge is 0.207 e. The van der Waals surface area contributed by atoms with E-state index in [1.165, 1.54) is 11.6 Å². The van der Waals surface area contributed by atoms with Gasteiger partial charge in [0.05, 0.1) is 0 Å². The summed E-state index contributed by atoms with van der Waals surface area (Å²) < 4.78 is 13.6. The molecule has 2 rings (SSSR count). The van der Waals surface area contributed by atoms with Gasteiger partial charge >= 0.3 is 0 Å². The molecule has 17 heavy (non-hydrogen) atoms. The number of hydrogen-bond acceptors (Lipinski definition) is 1. The number of hydrogen-bond donors (Lipinski definition) is 0. The average molecular weight is 252 g/mol. The van der Waals surface area contributed by atoms with Gasteiger partial charge in [0.15, 0.2) is 0 Å². The molecule has 1 aliphatic rings. The lowest BCUT2D eigenvalue weighted by atomic mass is 10.1. The number of benzene rings is 1. The van der Waals surface area contributed by atoms with Crippen LogP contribution in [0.1, 0.15) is 12.0 Å². The zero-order chi connectivity index (χ0) is 12.3. The lowest BCUT2D eigenvalue weighted by Crippen LogP contribution is -2.24. The van der Waals surface area contributed by atoms with Crippen molar-refractivity contribution in [2.45, 2.75) is 18.1 Å². The van der Waals surface area contributed by atoms with E-state index >= 15 is 0 Å². The zero-order valence-electron chi connectivity index (χ0n) is 9.74. The third-order valence-corrected chi connectivity index (χ3v) is 3.06. The molecule has 1 aliphatic carbocycles. The van der Waals surface area contributed by atoms with E-state index in [0.717, 1.165) is 12.2 Å². The van der Waals surface area contributed by atoms with Gasteiger partial charge in [0.1, 0.15) is 0 Å². The highest BCUT2D eigenvalue weighted by Crippen LogP contribution is 2.32. The van der Waals surface area contributed by atoms with Crippen LogP contribution < -0.4 is 0 Å². The summed E-state index contributed by atoms with van der Waals surface area (Å²) in [6.45, 7) is 0.757. The Kier molecular flexibility index (Phi) is 3.53. The van der Waals surface area contributed by atoms with Crippen LogP contribution in [0.2, 0.25) is 0 Å². The third kappa shape index (κ3) is 3.34. The van der Waals surface area contributed by atoms with Crippen LogP contribution in [0.25, 0.3) is 0 Å². The van der Waals surface area contributed by atoms with Crippen molar-refractivity contribution in [1.29, 1.82) is 0 Å². The summed E-state index contributed by atoms with van der Waals surface area (Å²) >= 11 is 5.69. The fourth-order valence-electron chi connectivity index (χ4n) is 1.88. The van der Waals surface area contributed by atoms with Crippen molar-refractivity contribution >= 4 is 11.6 Å². The molecule has 3 heteroatoms. The minimum absolute atomic E-state index is 0.217. The van der Waals surface area contributed by atoms with Gasteiger partial charge in [-0.15, -0.1) is 0 Å². The normalized spacial score (nSPS) is 23.4. The van der Waals surface area contributed by atoms with Gasteiger partial charge < -0.3 is 4.90 Å². The molecule has 0 radical (unpaired) electrons. The molecule has 1 aromatic rings. The van der Waals surface area contributed by atoms with E-state index in [1.807, 2.05) is 36.2 Å². The topological polar surface area (TPSA) is 3.24 Å². The van der Waals surface area contributed by atoms with Crippen molar-refractivity contribution in [1.82, 2.24) is 4.90 Å². The van der Waals surface area contributed by atoms with Gasteiger partial charge in [-0.2, -0.15) is 0 Å². The Balaban J connectivity index is 2.04. The van der Waals surface area contributed by atoms with Crippen LogP contribution in [0.3, 0.4) is 0 Å². The number of nitrogens with zero attached hydrogens (tertiary/aromatic N) is 1. The molecular weight excluding hydrogens is 237 g/mol. The first-order chi connectivity index (χ1) is 8.07. The number of allylic oxidation sites excluding steroid dienone is 4. The van der Waals surface area contributed by atoms with Crippen molar-refractivity contribution < 1.29 is 4.39 Å². The van der Waals surface area contributed by atoms with Crippen LogP contribution in [0.15, 0.2) is 54.3 Å². The summed E-state index contributed by atoms with van der Waals surface area (Å²) in [6, 6.07) is 10.1. The van der Waals surface area contributed by atoms with E-state index < -0.39 is 5.13 Å². The fourth-order valence-corrected chi connectivity index (χ4v) is 2.09. The molecule has 0 bridgehead atoms. The first-order valence-electron chi connectivity index (χ1n) is 5.58. The Morgan fingerprint density at radius 3 is 2.71 bits per heavy atom. The highest BCUT2D eigenvalue weighted by molar-refractivity contribution is 6.24. The Labute approximate surface area is 106 Å². The van der Waals surface area contributed by atoms with Gasteiger partial charge in [-0.1, -0.05) is 48.0 Å². The molecule has 0 fully saturated rings. The maximum Gasteiger partial charge on any atom is 0.207 e. The SMILES string of the molecule is CN(Cc1ccccc1)C1=CC=CC(F)(Cl)C1. The molecular formula is C14H15ClFN. The predicted molar refractivity (Wildman–Crippen MR) is 69.4 cm³/mol. The largest absolute Gasteiger partial charge is 0.373 e. The molecule has 1 atom stereocenters. The number of alkyl halides is 2. The average Bonchev–Trinajstić information content (AvgIpc) is 2.29. The lowest BCUT2D eigenvalue weighted by Gasteiger charge is -2.27. The quantitative estimate of drug-likeness (QED) is 0.738. The summed E-state index contributed by atoms with van der Waals surface area (Å²) in [5.74, 6) is 0. The fraction of sp³-hybridized carbons (Fsp3) is 0.286. The van der Waals surface area contributed by atoms with Crippen molar-refractivity contribution in [3.63, 3.8) is 0 Å². The maximum absolute atomic E-state index is 13.6. The summed E-state index contributed by atoms with van der Waals surface area (Å²) in [5, 5.41) is -1.74. The molecule has 1 nitrogen and oxygen atoms in total. The second-order valence-corrected chi connectivity index (χ2v) is 4.92. The molecule has 0 heterocycles. The number of rotatable bonds is 3. The van der Waals surface area contributed by atoms with Crippen molar-refractivity contribution in [3.05, 3.63) is 59.8 Å². The minimum atomic E-state index is -1.74. The number of halogens is 2. The first kappa shape index (κ1) is 12.2. The second-order valence-electron chi connectivity index (χ2n) is 4.30. The molecule has 0 saturated heterocycles. The molecule has 0 aliphatic heterocycles. The molecule has 90 valence electrons. The van der Waals surface area contributed by atoms with Gasteiger partial charge in [0.25, 0.3) is 0 Å². The van der Waals surface area contributed by atoms with Crippen LogP contribution >= 0.6 is 11.6 Å². The Hall–Kier alpha value is -1.28. The van der Waals surface area contributed by atoms with Gasteiger partial charge in [-0.3, -0.25) is 0 Å². The van der Waals surface area contributed by atoms with E-state index in [1.54, 1.807) is 6.08 Å². The second kappa shape index (κ2) is 4.92. The van der Waals surface area contributed by atoms with Crippen LogP contribution in [0, 0.1) is 0 Å². The van der Waals surface area contributed by atoms with Crippen molar-refractivity contribution in [3.8, 4) is 0 Å². The highest BCUT2D eigenvalue weighted by atomic mass is 35.5. The Morgan fingerprint density at radius 1 is 1.35 bits per heavy atom. The van der Waals surface area contributed by atoms with Gasteiger partial charge in [-0.25, -0.2) is 4.39 Å². The standard InChI is InChI=1S/C14H15ClFN/c1-17(11-12-6-3-2-4-7-12)13-8-5-9-14(15,16)10-13/h2-9H,10-11H2,1H3. The summed E-state index contributed by atoms with van der Waals surface area (Å²) in [4.78, 5) is 2.02. The lowest BCUT2D eigenvalue weighted by molar-refractivity contribution is 0.296. The first-order valence-corrected chi connectivity index (χ1v) is 5.96. The molecule has 0 N–H and O–H groups in total. The zero-order valence-corrected chi connectivity index (χ0v) is 10.5. The monoisotopic (exact) mass is 251 g/mol. The van der Waals surface area contributed by atoms with Crippen LogP contribution in [0.5, 0.6) is 0 Å². The van der Waals surface area contributed by atoms with E-state index in [4.69, 9.17) is 11.6 Å². The molecule has 1 unspecified atom stereocenters. The van der Waals surface area contributed by atoms with Crippen molar-refractivity contribution in [2.75, 3.05) is 7.05 Å². The van der Waals surface area contributed by atoms with E-state index in [0.29, 0.717) is 0 Å². The summed E-state index contributed by atoms with van der Waals surface area (Å²) in [5.41, 5.74) is 2.11.